The summed E-state index contributed by atoms with van der Waals surface area (Å²) in [6.45, 7) is 0.202. The van der Waals surface area contributed by atoms with E-state index >= 15 is 0 Å². The van der Waals surface area contributed by atoms with Crippen LogP contribution in [0.3, 0.4) is 0 Å². The highest BCUT2D eigenvalue weighted by Crippen LogP contribution is 2.33. The van der Waals surface area contributed by atoms with Crippen molar-refractivity contribution in [3.63, 3.8) is 0 Å². The van der Waals surface area contributed by atoms with E-state index in [1.165, 1.54) is 13.8 Å². The zero-order valence-electron chi connectivity index (χ0n) is 41.1. The first-order valence-electron chi connectivity index (χ1n) is 24.8. The fourth-order valence-electron chi connectivity index (χ4n) is 9.41. The van der Waals surface area contributed by atoms with Crippen LogP contribution in [-0.4, -0.2) is 272 Å². The molecule has 0 saturated carbocycles. The summed E-state index contributed by atoms with van der Waals surface area (Å²) in [4.78, 5) is 27.9. The molecular weight excluding hydrogens is 993 g/mol. The molecule has 422 valence electrons. The molecule has 30 heteroatoms. The average Bonchev–Trinajstić information content (AvgIpc) is 4.05. The Morgan fingerprint density at radius 2 is 0.811 bits per heavy atom. The molecule has 20 atom stereocenters. The molecule has 6 heterocycles. The Balaban J connectivity index is 0.872. The van der Waals surface area contributed by atoms with Crippen LogP contribution in [0.15, 0.2) is 12.4 Å². The lowest BCUT2D eigenvalue weighted by atomic mass is 9.96. The Labute approximate surface area is 424 Å². The number of hydrogen-bond donors (Lipinski definition) is 14. The van der Waals surface area contributed by atoms with Crippen molar-refractivity contribution in [1.29, 1.82) is 0 Å². The van der Waals surface area contributed by atoms with E-state index in [1.54, 1.807) is 21.8 Å². The second-order valence-electron chi connectivity index (χ2n) is 19.1. The molecule has 0 unspecified atom stereocenters. The summed E-state index contributed by atoms with van der Waals surface area (Å²) in [6.07, 6.45) is -21.8. The van der Waals surface area contributed by atoms with Gasteiger partial charge in [0.05, 0.1) is 51.9 Å². The molecule has 2 aromatic heterocycles. The molecule has 4 fully saturated rings. The highest BCUT2D eigenvalue weighted by atomic mass is 16.7. The number of unbranched alkanes of at least 4 members (excludes halogenated alkanes) is 7. The molecule has 0 radical (unpaired) electrons. The van der Waals surface area contributed by atoms with Gasteiger partial charge in [-0.15, -0.1) is 10.2 Å². The Bertz CT molecular complexity index is 1880. The molecular formula is C44H74N8O22. The first-order chi connectivity index (χ1) is 35.3. The van der Waals surface area contributed by atoms with E-state index in [0.29, 0.717) is 24.5 Å². The number of nitrogens with zero attached hydrogens (tertiary/aromatic N) is 8. The second-order valence-corrected chi connectivity index (χ2v) is 19.1. The lowest BCUT2D eigenvalue weighted by Crippen LogP contribution is -2.66. The van der Waals surface area contributed by atoms with Crippen molar-refractivity contribution in [3.8, 4) is 0 Å². The highest BCUT2D eigenvalue weighted by molar-refractivity contribution is 5.74. The monoisotopic (exact) mass is 1070 g/mol. The second kappa shape index (κ2) is 27.6. The van der Waals surface area contributed by atoms with Crippen LogP contribution < -0.4 is 0 Å². The number of ether oxygens (including phenoxy) is 6. The number of rotatable bonds is 25. The molecule has 2 aromatic rings. The topological polar surface area (TPSA) is 441 Å². The molecule has 6 rings (SSSR count). The van der Waals surface area contributed by atoms with E-state index in [-0.39, 0.29) is 13.1 Å². The average molecular weight is 1070 g/mol. The zero-order valence-corrected chi connectivity index (χ0v) is 41.1. The standard InChI is InChI=1S/C44H74N8O22/c1-21(57)51(41-35(65)33(63)39(27(19-55)69-41)73-43-37(67)31(61)29(59)25(17-53)71-43)15-23-13-49(47-45-23)11-9-7-5-3-4-6-8-10-12-50-14-24(46-48-50)16-52(22(2)58)42-36(66)34(64)40(28(20-56)70-42)74-44-38(68)32(62)30(60)26(18-54)72-44/h13-14,25-44,53-56,59-68H,3-12,15-20H2,1-2H3/t25-,26-,27-,28-,29+,30+,31+,32+,33-,34-,35-,36-,37-,38-,39-,40-,41-,42-,43+,44+/m1/s1. The van der Waals surface area contributed by atoms with Gasteiger partial charge in [0, 0.05) is 26.9 Å². The van der Waals surface area contributed by atoms with Gasteiger partial charge in [-0.05, 0) is 12.8 Å². The highest BCUT2D eigenvalue weighted by Gasteiger charge is 2.54. The van der Waals surface area contributed by atoms with Gasteiger partial charge >= 0.3 is 0 Å². The minimum Gasteiger partial charge on any atom is -0.394 e. The number of hydrogen-bond acceptors (Lipinski definition) is 26. The molecule has 30 nitrogen and oxygen atoms in total. The van der Waals surface area contributed by atoms with Gasteiger partial charge in [-0.25, -0.2) is 0 Å². The normalized spacial score (nSPS) is 36.7. The predicted octanol–water partition coefficient (Wildman–Crippen LogP) is -7.36. The van der Waals surface area contributed by atoms with Gasteiger partial charge in [-0.2, -0.15) is 0 Å². The SMILES string of the molecule is CC(=O)N(Cc1cn(CCCCCCCCCCn2cc(CN(C(C)=O)[C@@H]3O[C@H](CO)[C@@H](O[C@@H]4O[C@H](CO)[C@H](O)[C@H](O)[C@H]4O)[C@H](O)[C@H]3O)nn2)nn1)[C@@H]1O[C@H](CO)[C@@H](O[C@@H]2O[C@H](CO)[C@H](O)[C@H](O)[C@H]2O)[C@H](O)[C@H]1O. The third kappa shape index (κ3) is 14.3. The van der Waals surface area contributed by atoms with Crippen LogP contribution in [0.25, 0.3) is 0 Å². The predicted molar refractivity (Wildman–Crippen MR) is 242 cm³/mol. The third-order valence-electron chi connectivity index (χ3n) is 13.7. The number of aliphatic hydroxyl groups is 14. The third-order valence-corrected chi connectivity index (χ3v) is 13.7. The summed E-state index contributed by atoms with van der Waals surface area (Å²) in [5.74, 6) is -1.11. The molecule has 0 aliphatic carbocycles. The molecule has 2 amide bonds. The van der Waals surface area contributed by atoms with Crippen molar-refractivity contribution in [2.24, 2.45) is 0 Å². The van der Waals surface area contributed by atoms with E-state index in [0.717, 1.165) is 61.2 Å². The summed E-state index contributed by atoms with van der Waals surface area (Å²) in [5.41, 5.74) is 0.720. The van der Waals surface area contributed by atoms with Crippen LogP contribution in [0.1, 0.15) is 76.6 Å². The fraction of sp³-hybridized carbons (Fsp3) is 0.864. The van der Waals surface area contributed by atoms with Gasteiger partial charge in [0.1, 0.15) is 109 Å². The maximum absolute atomic E-state index is 12.8. The summed E-state index contributed by atoms with van der Waals surface area (Å²) in [6, 6.07) is 0. The fourth-order valence-corrected chi connectivity index (χ4v) is 9.41. The Morgan fingerprint density at radius 1 is 0.473 bits per heavy atom. The van der Waals surface area contributed by atoms with E-state index < -0.39 is 161 Å². The Morgan fingerprint density at radius 3 is 1.14 bits per heavy atom. The van der Waals surface area contributed by atoms with Crippen LogP contribution in [-0.2, 0) is 64.2 Å². The van der Waals surface area contributed by atoms with Crippen molar-refractivity contribution in [2.45, 2.75) is 214 Å². The molecule has 0 bridgehead atoms. The lowest BCUT2D eigenvalue weighted by molar-refractivity contribution is -0.348. The molecule has 14 N–H and O–H groups in total. The van der Waals surface area contributed by atoms with E-state index in [4.69, 9.17) is 28.4 Å². The number of amides is 2. The maximum Gasteiger partial charge on any atom is 0.221 e. The van der Waals surface area contributed by atoms with E-state index in [9.17, 15) is 81.1 Å². The number of carbonyl (C=O) groups is 2. The molecule has 74 heavy (non-hydrogen) atoms. The minimum absolute atomic E-state index is 0.171. The van der Waals surface area contributed by atoms with Gasteiger partial charge in [0.25, 0.3) is 0 Å². The summed E-state index contributed by atoms with van der Waals surface area (Å²) >= 11 is 0. The minimum atomic E-state index is -1.82. The van der Waals surface area contributed by atoms with Crippen molar-refractivity contribution in [2.75, 3.05) is 26.4 Å². The largest absolute Gasteiger partial charge is 0.394 e. The Hall–Kier alpha value is -3.58. The first-order valence-corrected chi connectivity index (χ1v) is 24.8. The van der Waals surface area contributed by atoms with Crippen LogP contribution >= 0.6 is 0 Å². The first kappa shape index (κ1) is 59.7. The zero-order chi connectivity index (χ0) is 54.0. The summed E-state index contributed by atoms with van der Waals surface area (Å²) in [7, 11) is 0. The van der Waals surface area contributed by atoms with Crippen molar-refractivity contribution in [3.05, 3.63) is 23.8 Å². The number of aromatic nitrogens is 6. The van der Waals surface area contributed by atoms with E-state index in [1.807, 2.05) is 0 Å². The van der Waals surface area contributed by atoms with E-state index in [2.05, 4.69) is 20.6 Å². The Kier molecular flexibility index (Phi) is 22.3. The van der Waals surface area contributed by atoms with Gasteiger partial charge < -0.3 is 110 Å². The maximum atomic E-state index is 12.8. The van der Waals surface area contributed by atoms with Crippen molar-refractivity contribution in [1.82, 2.24) is 39.8 Å². The lowest BCUT2D eigenvalue weighted by Gasteiger charge is -2.48. The van der Waals surface area contributed by atoms with Crippen LogP contribution in [0.2, 0.25) is 0 Å². The van der Waals surface area contributed by atoms with Gasteiger partial charge in [0.2, 0.25) is 11.8 Å². The number of aryl methyl sites for hydroxylation is 2. The number of aliphatic hydroxyl groups excluding tert-OH is 14. The smallest absolute Gasteiger partial charge is 0.221 e. The van der Waals surface area contributed by atoms with Crippen LogP contribution in [0.4, 0.5) is 0 Å². The quantitative estimate of drug-likeness (QED) is 0.0411. The van der Waals surface area contributed by atoms with Crippen molar-refractivity contribution < 1.29 is 110 Å². The summed E-state index contributed by atoms with van der Waals surface area (Å²) < 4.78 is 36.9. The van der Waals surface area contributed by atoms with Gasteiger partial charge in [-0.1, -0.05) is 49.0 Å². The van der Waals surface area contributed by atoms with Crippen molar-refractivity contribution >= 4 is 11.8 Å². The van der Waals surface area contributed by atoms with Gasteiger partial charge in [0.15, 0.2) is 25.0 Å². The molecule has 4 aliphatic rings. The van der Waals surface area contributed by atoms with Gasteiger partial charge in [-0.3, -0.25) is 19.0 Å². The van der Waals surface area contributed by atoms with Crippen LogP contribution in [0, 0.1) is 0 Å². The molecule has 4 saturated heterocycles. The van der Waals surface area contributed by atoms with Crippen LogP contribution in [0.5, 0.6) is 0 Å². The molecule has 0 aromatic carbocycles. The summed E-state index contributed by atoms with van der Waals surface area (Å²) in [5, 5.41) is 162. The molecule has 4 aliphatic heterocycles. The number of carbonyl (C=O) groups excluding carboxylic acids is 2. The molecule has 0 spiro atoms.